The molecule has 0 fully saturated rings. The van der Waals surface area contributed by atoms with E-state index in [0.717, 1.165) is 6.42 Å². The second kappa shape index (κ2) is 10.3. The summed E-state index contributed by atoms with van der Waals surface area (Å²) in [6.45, 7) is 4.70. The predicted octanol–water partition coefficient (Wildman–Crippen LogP) is 3.49. The van der Waals surface area contributed by atoms with Crippen molar-refractivity contribution in [2.45, 2.75) is 26.3 Å². The third kappa shape index (κ3) is 5.82. The molecule has 1 unspecified atom stereocenters. The maximum absolute atomic E-state index is 12.8. The second-order valence-corrected chi connectivity index (χ2v) is 6.12. The van der Waals surface area contributed by atoms with Crippen LogP contribution < -0.4 is 15.4 Å². The van der Waals surface area contributed by atoms with E-state index in [9.17, 15) is 9.59 Å². The lowest BCUT2D eigenvalue weighted by molar-refractivity contribution is 0.0940. The first-order valence-electron chi connectivity index (χ1n) is 8.98. The maximum Gasteiger partial charge on any atom is 0.259 e. The molecule has 6 heteroatoms. The molecule has 0 aromatic heterocycles. The molecule has 6 nitrogen and oxygen atoms in total. The standard InChI is InChI=1S/C21H26N2O4/c1-4-15(2)22-20(24)16-9-5-7-11-18(16)23-21(25)17-10-6-8-12-19(17)27-14-13-26-3/h5-12,15H,4,13-14H2,1-3H3,(H,22,24)(H,23,25). The molecule has 2 amide bonds. The van der Waals surface area contributed by atoms with Gasteiger partial charge in [0.1, 0.15) is 12.4 Å². The molecule has 0 aliphatic rings. The van der Waals surface area contributed by atoms with E-state index < -0.39 is 0 Å². The van der Waals surface area contributed by atoms with Crippen LogP contribution in [0.2, 0.25) is 0 Å². The molecule has 2 N–H and O–H groups in total. The van der Waals surface area contributed by atoms with Gasteiger partial charge in [0.15, 0.2) is 0 Å². The normalized spacial score (nSPS) is 11.5. The number of carbonyl (C=O) groups is 2. The van der Waals surface area contributed by atoms with Crippen molar-refractivity contribution in [2.75, 3.05) is 25.6 Å². The smallest absolute Gasteiger partial charge is 0.259 e. The van der Waals surface area contributed by atoms with Gasteiger partial charge in [-0.25, -0.2) is 0 Å². The van der Waals surface area contributed by atoms with Crippen LogP contribution in [0, 0.1) is 0 Å². The van der Waals surface area contributed by atoms with E-state index in [-0.39, 0.29) is 17.9 Å². The average molecular weight is 370 g/mol. The third-order valence-corrected chi connectivity index (χ3v) is 4.09. The summed E-state index contributed by atoms with van der Waals surface area (Å²) >= 11 is 0. The lowest BCUT2D eigenvalue weighted by atomic mass is 10.1. The van der Waals surface area contributed by atoms with E-state index >= 15 is 0 Å². The highest BCUT2D eigenvalue weighted by atomic mass is 16.5. The van der Waals surface area contributed by atoms with Crippen LogP contribution >= 0.6 is 0 Å². The van der Waals surface area contributed by atoms with Crippen molar-refractivity contribution in [1.29, 1.82) is 0 Å². The number of hydrogen-bond donors (Lipinski definition) is 2. The Kier molecular flexibility index (Phi) is 7.82. The van der Waals surface area contributed by atoms with Gasteiger partial charge in [-0.3, -0.25) is 9.59 Å². The lowest BCUT2D eigenvalue weighted by Crippen LogP contribution is -2.32. The van der Waals surface area contributed by atoms with Gasteiger partial charge in [0.2, 0.25) is 0 Å². The van der Waals surface area contributed by atoms with Crippen LogP contribution in [-0.2, 0) is 4.74 Å². The molecule has 0 saturated carbocycles. The van der Waals surface area contributed by atoms with E-state index in [1.165, 1.54) is 0 Å². The molecule has 0 bridgehead atoms. The Hall–Kier alpha value is -2.86. The zero-order valence-electron chi connectivity index (χ0n) is 16.0. The molecular formula is C21H26N2O4. The fourth-order valence-electron chi connectivity index (χ4n) is 2.40. The number of benzene rings is 2. The van der Waals surface area contributed by atoms with Gasteiger partial charge in [0.25, 0.3) is 11.8 Å². The molecular weight excluding hydrogens is 344 g/mol. The van der Waals surface area contributed by atoms with Crippen molar-refractivity contribution in [2.24, 2.45) is 0 Å². The summed E-state index contributed by atoms with van der Waals surface area (Å²) in [4.78, 5) is 25.3. The van der Waals surface area contributed by atoms with Crippen molar-refractivity contribution >= 4 is 17.5 Å². The minimum Gasteiger partial charge on any atom is -0.490 e. The third-order valence-electron chi connectivity index (χ3n) is 4.09. The summed E-state index contributed by atoms with van der Waals surface area (Å²) in [5, 5.41) is 5.73. The Labute approximate surface area is 159 Å². The van der Waals surface area contributed by atoms with Crippen molar-refractivity contribution in [3.8, 4) is 5.75 Å². The van der Waals surface area contributed by atoms with E-state index in [2.05, 4.69) is 10.6 Å². The summed E-state index contributed by atoms with van der Waals surface area (Å²) in [5.41, 5.74) is 1.27. The lowest BCUT2D eigenvalue weighted by Gasteiger charge is -2.15. The molecule has 144 valence electrons. The van der Waals surface area contributed by atoms with Crippen LogP contribution in [0.25, 0.3) is 0 Å². The number of amides is 2. The summed E-state index contributed by atoms with van der Waals surface area (Å²) in [5.74, 6) is -0.0923. The Morgan fingerprint density at radius 2 is 1.63 bits per heavy atom. The number of nitrogens with one attached hydrogen (secondary N) is 2. The van der Waals surface area contributed by atoms with E-state index in [4.69, 9.17) is 9.47 Å². The van der Waals surface area contributed by atoms with Gasteiger partial charge < -0.3 is 20.1 Å². The Morgan fingerprint density at radius 3 is 2.33 bits per heavy atom. The molecule has 1 atom stereocenters. The molecule has 0 heterocycles. The zero-order valence-corrected chi connectivity index (χ0v) is 16.0. The summed E-state index contributed by atoms with van der Waals surface area (Å²) in [6.07, 6.45) is 0.826. The number of hydrogen-bond acceptors (Lipinski definition) is 4. The van der Waals surface area contributed by atoms with Gasteiger partial charge in [-0.1, -0.05) is 31.2 Å². The van der Waals surface area contributed by atoms with E-state index in [0.29, 0.717) is 35.8 Å². The highest BCUT2D eigenvalue weighted by molar-refractivity contribution is 6.10. The first-order chi connectivity index (χ1) is 13.1. The first-order valence-corrected chi connectivity index (χ1v) is 8.98. The predicted molar refractivity (Wildman–Crippen MR) is 105 cm³/mol. The van der Waals surface area contributed by atoms with Crippen LogP contribution in [0.3, 0.4) is 0 Å². The van der Waals surface area contributed by atoms with Gasteiger partial charge in [-0.15, -0.1) is 0 Å². The van der Waals surface area contributed by atoms with Gasteiger partial charge >= 0.3 is 0 Å². The SMILES string of the molecule is CCC(C)NC(=O)c1ccccc1NC(=O)c1ccccc1OCCOC. The number of rotatable bonds is 9. The Morgan fingerprint density at radius 1 is 0.963 bits per heavy atom. The molecule has 0 aliphatic heterocycles. The molecule has 0 spiro atoms. The van der Waals surface area contributed by atoms with Gasteiger partial charge in [-0.05, 0) is 37.6 Å². The maximum atomic E-state index is 12.8. The van der Waals surface area contributed by atoms with E-state index in [1.54, 1.807) is 55.6 Å². The van der Waals surface area contributed by atoms with Crippen LogP contribution in [0.1, 0.15) is 41.0 Å². The Bertz CT molecular complexity index is 776. The fraction of sp³-hybridized carbons (Fsp3) is 0.333. The van der Waals surface area contributed by atoms with Crippen LogP contribution in [0.5, 0.6) is 5.75 Å². The largest absolute Gasteiger partial charge is 0.490 e. The van der Waals surface area contributed by atoms with Crippen LogP contribution in [0.4, 0.5) is 5.69 Å². The Balaban J connectivity index is 2.18. The molecule has 27 heavy (non-hydrogen) atoms. The quantitative estimate of drug-likeness (QED) is 0.663. The highest BCUT2D eigenvalue weighted by Crippen LogP contribution is 2.21. The van der Waals surface area contributed by atoms with Crippen molar-refractivity contribution < 1.29 is 19.1 Å². The van der Waals surface area contributed by atoms with Crippen molar-refractivity contribution in [3.63, 3.8) is 0 Å². The molecule has 0 aliphatic carbocycles. The number of anilines is 1. The zero-order chi connectivity index (χ0) is 19.6. The molecule has 2 aromatic rings. The summed E-state index contributed by atoms with van der Waals surface area (Å²) in [6, 6.07) is 14.0. The van der Waals surface area contributed by atoms with Crippen molar-refractivity contribution in [1.82, 2.24) is 5.32 Å². The average Bonchev–Trinajstić information content (AvgIpc) is 2.68. The molecule has 0 radical (unpaired) electrons. The number of carbonyl (C=O) groups excluding carboxylic acids is 2. The molecule has 2 aromatic carbocycles. The van der Waals surface area contributed by atoms with Gasteiger partial charge in [0, 0.05) is 13.2 Å². The minimum absolute atomic E-state index is 0.0520. The van der Waals surface area contributed by atoms with Gasteiger partial charge in [-0.2, -0.15) is 0 Å². The monoisotopic (exact) mass is 370 g/mol. The molecule has 0 saturated heterocycles. The summed E-state index contributed by atoms with van der Waals surface area (Å²) in [7, 11) is 1.59. The van der Waals surface area contributed by atoms with Crippen molar-refractivity contribution in [3.05, 3.63) is 59.7 Å². The molecule has 2 rings (SSSR count). The minimum atomic E-state index is -0.341. The van der Waals surface area contributed by atoms with Gasteiger partial charge in [0.05, 0.1) is 23.4 Å². The second-order valence-electron chi connectivity index (χ2n) is 6.12. The number of methoxy groups -OCH3 is 1. The van der Waals surface area contributed by atoms with Crippen LogP contribution in [-0.4, -0.2) is 38.2 Å². The fourth-order valence-corrected chi connectivity index (χ4v) is 2.40. The topological polar surface area (TPSA) is 76.7 Å². The number of para-hydroxylation sites is 2. The highest BCUT2D eigenvalue weighted by Gasteiger charge is 2.17. The van der Waals surface area contributed by atoms with Crippen LogP contribution in [0.15, 0.2) is 48.5 Å². The number of ether oxygens (including phenoxy) is 2. The summed E-state index contributed by atoms with van der Waals surface area (Å²) < 4.78 is 10.6. The first kappa shape index (κ1) is 20.5. The van der Waals surface area contributed by atoms with E-state index in [1.807, 2.05) is 13.8 Å².